The minimum absolute atomic E-state index is 0.00372. The zero-order valence-electron chi connectivity index (χ0n) is 8.94. The molecular weight excluding hydrogens is 242 g/mol. The Labute approximate surface area is 97.8 Å². The summed E-state index contributed by atoms with van der Waals surface area (Å²) in [5.74, 6) is 0. The molecule has 0 aliphatic rings. The van der Waals surface area contributed by atoms with Crippen molar-refractivity contribution in [2.75, 3.05) is 6.26 Å². The summed E-state index contributed by atoms with van der Waals surface area (Å²) < 4.78 is 23.8. The molecule has 0 atom stereocenters. The van der Waals surface area contributed by atoms with E-state index in [1.165, 1.54) is 29.3 Å². The van der Waals surface area contributed by atoms with E-state index in [1.807, 2.05) is 0 Å². The Morgan fingerprint density at radius 3 is 2.53 bits per heavy atom. The highest BCUT2D eigenvalue weighted by atomic mass is 32.2. The highest BCUT2D eigenvalue weighted by molar-refractivity contribution is 7.90. The first kappa shape index (κ1) is 11.5. The Kier molecular flexibility index (Phi) is 2.76. The van der Waals surface area contributed by atoms with Crippen molar-refractivity contribution in [3.05, 3.63) is 36.3 Å². The predicted molar refractivity (Wildman–Crippen MR) is 59.9 cm³/mol. The first-order valence-electron chi connectivity index (χ1n) is 4.67. The third-order valence-electron chi connectivity index (χ3n) is 2.10. The molecule has 0 amide bonds. The van der Waals surface area contributed by atoms with Crippen molar-refractivity contribution < 1.29 is 13.2 Å². The van der Waals surface area contributed by atoms with Crippen LogP contribution < -0.4 is 0 Å². The van der Waals surface area contributed by atoms with Crippen LogP contribution in [-0.2, 0) is 9.84 Å². The Morgan fingerprint density at radius 1 is 1.29 bits per heavy atom. The second-order valence-electron chi connectivity index (χ2n) is 3.46. The molecule has 2 aromatic rings. The molecule has 88 valence electrons. The van der Waals surface area contributed by atoms with Gasteiger partial charge in [-0.2, -0.15) is 5.10 Å². The Hall–Kier alpha value is -2.02. The van der Waals surface area contributed by atoms with Crippen LogP contribution in [0.5, 0.6) is 0 Å². The molecule has 0 spiro atoms. The number of pyridine rings is 1. The van der Waals surface area contributed by atoms with Gasteiger partial charge in [-0.1, -0.05) is 0 Å². The lowest BCUT2D eigenvalue weighted by molar-refractivity contribution is 0.112. The van der Waals surface area contributed by atoms with Crippen LogP contribution in [0.25, 0.3) is 5.69 Å². The van der Waals surface area contributed by atoms with E-state index in [9.17, 15) is 13.2 Å². The monoisotopic (exact) mass is 251 g/mol. The van der Waals surface area contributed by atoms with Gasteiger partial charge in [0.05, 0.1) is 23.6 Å². The fraction of sp³-hybridized carbons (Fsp3) is 0.100. The fourth-order valence-corrected chi connectivity index (χ4v) is 1.83. The van der Waals surface area contributed by atoms with Gasteiger partial charge in [-0.25, -0.2) is 18.1 Å². The standard InChI is InChI=1S/C10H9N3O3S/c1-17(15,16)10-3-2-9(5-11-10)13-6-8(7-14)4-12-13/h2-7H,1H3. The molecule has 0 aromatic carbocycles. The molecule has 17 heavy (non-hydrogen) atoms. The van der Waals surface area contributed by atoms with Crippen molar-refractivity contribution in [2.24, 2.45) is 0 Å². The molecular formula is C10H9N3O3S. The van der Waals surface area contributed by atoms with E-state index in [0.717, 1.165) is 6.26 Å². The average molecular weight is 251 g/mol. The minimum Gasteiger partial charge on any atom is -0.298 e. The topological polar surface area (TPSA) is 81.9 Å². The first-order chi connectivity index (χ1) is 8.00. The second-order valence-corrected chi connectivity index (χ2v) is 5.43. The number of hydrogen-bond donors (Lipinski definition) is 0. The van der Waals surface area contributed by atoms with Crippen molar-refractivity contribution in [1.29, 1.82) is 0 Å². The molecule has 2 aromatic heterocycles. The lowest BCUT2D eigenvalue weighted by atomic mass is 10.4. The van der Waals surface area contributed by atoms with Crippen LogP contribution in [0.4, 0.5) is 0 Å². The van der Waals surface area contributed by atoms with E-state index in [0.29, 0.717) is 17.5 Å². The molecule has 0 saturated carbocycles. The predicted octanol–water partition coefficient (Wildman–Crippen LogP) is 0.483. The first-order valence-corrected chi connectivity index (χ1v) is 6.56. The molecule has 7 heteroatoms. The molecule has 0 aliphatic heterocycles. The summed E-state index contributed by atoms with van der Waals surface area (Å²) in [5, 5.41) is 3.95. The zero-order valence-corrected chi connectivity index (χ0v) is 9.76. The van der Waals surface area contributed by atoms with Crippen LogP contribution in [0, 0.1) is 0 Å². The van der Waals surface area contributed by atoms with E-state index < -0.39 is 9.84 Å². The summed E-state index contributed by atoms with van der Waals surface area (Å²) in [6.45, 7) is 0. The third kappa shape index (κ3) is 2.39. The Balaban J connectivity index is 2.38. The highest BCUT2D eigenvalue weighted by Crippen LogP contribution is 2.10. The molecule has 0 saturated heterocycles. The molecule has 0 radical (unpaired) electrons. The molecule has 0 fully saturated rings. The second kappa shape index (κ2) is 4.10. The summed E-state index contributed by atoms with van der Waals surface area (Å²) in [6, 6.07) is 2.97. The normalized spacial score (nSPS) is 11.4. The van der Waals surface area contributed by atoms with E-state index >= 15 is 0 Å². The lowest BCUT2D eigenvalue weighted by Crippen LogP contribution is -2.02. The molecule has 2 heterocycles. The van der Waals surface area contributed by atoms with Gasteiger partial charge in [0.2, 0.25) is 0 Å². The molecule has 6 nitrogen and oxygen atoms in total. The smallest absolute Gasteiger partial charge is 0.192 e. The fourth-order valence-electron chi connectivity index (χ4n) is 1.27. The van der Waals surface area contributed by atoms with Crippen molar-refractivity contribution >= 4 is 16.1 Å². The van der Waals surface area contributed by atoms with Crippen molar-refractivity contribution in [2.45, 2.75) is 5.03 Å². The largest absolute Gasteiger partial charge is 0.298 e. The molecule has 0 N–H and O–H groups in total. The number of nitrogens with zero attached hydrogens (tertiary/aromatic N) is 3. The van der Waals surface area contributed by atoms with E-state index in [-0.39, 0.29) is 5.03 Å². The van der Waals surface area contributed by atoms with Gasteiger partial charge >= 0.3 is 0 Å². The number of carbonyl (C=O) groups is 1. The number of hydrogen-bond acceptors (Lipinski definition) is 5. The van der Waals surface area contributed by atoms with Gasteiger partial charge in [0.25, 0.3) is 0 Å². The van der Waals surface area contributed by atoms with E-state index in [4.69, 9.17) is 0 Å². The highest BCUT2D eigenvalue weighted by Gasteiger charge is 2.08. The third-order valence-corrected chi connectivity index (χ3v) is 3.11. The van der Waals surface area contributed by atoms with Gasteiger partial charge < -0.3 is 0 Å². The Morgan fingerprint density at radius 2 is 2.06 bits per heavy atom. The Bertz CT molecular complexity index is 644. The van der Waals surface area contributed by atoms with Crippen LogP contribution in [0.15, 0.2) is 35.7 Å². The number of aromatic nitrogens is 3. The van der Waals surface area contributed by atoms with Crippen LogP contribution in [0.2, 0.25) is 0 Å². The summed E-state index contributed by atoms with van der Waals surface area (Å²) in [6.07, 6.45) is 6.11. The maximum atomic E-state index is 11.2. The number of aldehydes is 1. The molecule has 0 aliphatic carbocycles. The minimum atomic E-state index is -3.30. The van der Waals surface area contributed by atoms with Gasteiger partial charge in [0.15, 0.2) is 21.1 Å². The van der Waals surface area contributed by atoms with E-state index in [1.54, 1.807) is 6.07 Å². The van der Waals surface area contributed by atoms with Crippen LogP contribution in [0.3, 0.4) is 0 Å². The summed E-state index contributed by atoms with van der Waals surface area (Å²) in [5.41, 5.74) is 1.03. The maximum Gasteiger partial charge on any atom is 0.192 e. The van der Waals surface area contributed by atoms with Crippen LogP contribution in [-0.4, -0.2) is 35.7 Å². The van der Waals surface area contributed by atoms with Crippen LogP contribution in [0.1, 0.15) is 10.4 Å². The summed E-state index contributed by atoms with van der Waals surface area (Å²) in [4.78, 5) is 14.3. The van der Waals surface area contributed by atoms with Gasteiger partial charge in [-0.3, -0.25) is 4.79 Å². The SMILES string of the molecule is CS(=O)(=O)c1ccc(-n2cc(C=O)cn2)cn1. The average Bonchev–Trinajstić information content (AvgIpc) is 2.76. The lowest BCUT2D eigenvalue weighted by Gasteiger charge is -2.01. The zero-order chi connectivity index (χ0) is 12.5. The van der Waals surface area contributed by atoms with Gasteiger partial charge in [0.1, 0.15) is 0 Å². The van der Waals surface area contributed by atoms with Gasteiger partial charge in [-0.05, 0) is 12.1 Å². The summed E-state index contributed by atoms with van der Waals surface area (Å²) in [7, 11) is -3.30. The molecule has 0 unspecified atom stereocenters. The number of carbonyl (C=O) groups excluding carboxylic acids is 1. The van der Waals surface area contributed by atoms with Crippen LogP contribution >= 0.6 is 0 Å². The van der Waals surface area contributed by atoms with Gasteiger partial charge in [-0.15, -0.1) is 0 Å². The molecule has 2 rings (SSSR count). The number of sulfone groups is 1. The number of rotatable bonds is 3. The van der Waals surface area contributed by atoms with Gasteiger partial charge in [0, 0.05) is 12.5 Å². The quantitative estimate of drug-likeness (QED) is 0.741. The maximum absolute atomic E-state index is 11.2. The molecule has 0 bridgehead atoms. The summed E-state index contributed by atoms with van der Waals surface area (Å²) >= 11 is 0. The van der Waals surface area contributed by atoms with Crippen molar-refractivity contribution in [3.63, 3.8) is 0 Å². The van der Waals surface area contributed by atoms with Crippen molar-refractivity contribution in [1.82, 2.24) is 14.8 Å². The van der Waals surface area contributed by atoms with E-state index in [2.05, 4.69) is 10.1 Å². The van der Waals surface area contributed by atoms with Crippen molar-refractivity contribution in [3.8, 4) is 5.69 Å².